The minimum Gasteiger partial charge on any atom is -0.324 e. The van der Waals surface area contributed by atoms with Crippen molar-refractivity contribution in [3.63, 3.8) is 0 Å². The van der Waals surface area contributed by atoms with Crippen molar-refractivity contribution in [2.75, 3.05) is 10.6 Å². The zero-order chi connectivity index (χ0) is 24.4. The van der Waals surface area contributed by atoms with Crippen LogP contribution >= 0.6 is 11.6 Å². The van der Waals surface area contributed by atoms with Crippen LogP contribution in [0.25, 0.3) is 5.69 Å². The minimum atomic E-state index is -0.796. The number of urea groups is 1. The summed E-state index contributed by atoms with van der Waals surface area (Å²) in [6.07, 6.45) is 1.68. The van der Waals surface area contributed by atoms with E-state index < -0.39 is 6.04 Å². The summed E-state index contributed by atoms with van der Waals surface area (Å²) >= 11 is 5.94. The van der Waals surface area contributed by atoms with E-state index in [4.69, 9.17) is 11.6 Å². The molecule has 3 amide bonds. The van der Waals surface area contributed by atoms with Crippen LogP contribution in [0.1, 0.15) is 17.2 Å². The molecule has 1 aliphatic rings. The van der Waals surface area contributed by atoms with Gasteiger partial charge in [0.1, 0.15) is 6.04 Å². The molecule has 0 saturated carbocycles. The number of hydrogen-bond donors (Lipinski definition) is 2. The van der Waals surface area contributed by atoms with Gasteiger partial charge in [0, 0.05) is 40.9 Å². The standard InChI is InChI=1S/C27H21ClN4O3/c28-19-8-10-21(11-9-19)30-27(35)32-17-18-5-1-2-6-23(18)25(32)26(34)29-20-12-14-22(15-13-20)31-16-4-3-7-24(31)33/h1-16,25H,17H2,(H,29,34)(H,30,35)/t25-/m1/s1. The summed E-state index contributed by atoms with van der Waals surface area (Å²) in [5.74, 6) is -0.328. The van der Waals surface area contributed by atoms with Crippen molar-refractivity contribution in [2.24, 2.45) is 0 Å². The second kappa shape index (κ2) is 9.48. The van der Waals surface area contributed by atoms with Gasteiger partial charge >= 0.3 is 6.03 Å². The maximum Gasteiger partial charge on any atom is 0.323 e. The molecule has 0 spiro atoms. The van der Waals surface area contributed by atoms with Crippen LogP contribution < -0.4 is 16.2 Å². The molecule has 7 nitrogen and oxygen atoms in total. The normalized spacial score (nSPS) is 14.3. The van der Waals surface area contributed by atoms with Crippen LogP contribution in [0.15, 0.2) is 102 Å². The number of carbonyl (C=O) groups excluding carboxylic acids is 2. The highest BCUT2D eigenvalue weighted by atomic mass is 35.5. The van der Waals surface area contributed by atoms with Crippen molar-refractivity contribution in [3.8, 4) is 5.69 Å². The van der Waals surface area contributed by atoms with Gasteiger partial charge in [-0.25, -0.2) is 4.79 Å². The topological polar surface area (TPSA) is 83.4 Å². The highest BCUT2D eigenvalue weighted by Gasteiger charge is 2.38. The third kappa shape index (κ3) is 4.67. The van der Waals surface area contributed by atoms with Gasteiger partial charge in [0.25, 0.3) is 11.5 Å². The molecule has 1 aliphatic heterocycles. The van der Waals surface area contributed by atoms with Crippen LogP contribution in [-0.4, -0.2) is 21.4 Å². The van der Waals surface area contributed by atoms with Gasteiger partial charge in [-0.15, -0.1) is 0 Å². The Kier molecular flexibility index (Phi) is 6.08. The zero-order valence-electron chi connectivity index (χ0n) is 18.5. The summed E-state index contributed by atoms with van der Waals surface area (Å²) in [5, 5.41) is 6.32. The zero-order valence-corrected chi connectivity index (χ0v) is 19.3. The largest absolute Gasteiger partial charge is 0.324 e. The number of nitrogens with one attached hydrogen (secondary N) is 2. The Morgan fingerprint density at radius 3 is 2.20 bits per heavy atom. The second-order valence-corrected chi connectivity index (χ2v) is 8.55. The van der Waals surface area contributed by atoms with E-state index in [2.05, 4.69) is 10.6 Å². The molecule has 0 saturated heterocycles. The van der Waals surface area contributed by atoms with Crippen molar-refractivity contribution < 1.29 is 9.59 Å². The Labute approximate surface area is 206 Å². The van der Waals surface area contributed by atoms with E-state index in [-0.39, 0.29) is 17.5 Å². The summed E-state index contributed by atoms with van der Waals surface area (Å²) in [4.78, 5) is 40.1. The Bertz CT molecular complexity index is 1450. The molecule has 0 unspecified atom stereocenters. The molecule has 8 heteroatoms. The molecular weight excluding hydrogens is 464 g/mol. The highest BCUT2D eigenvalue weighted by Crippen LogP contribution is 2.35. The average Bonchev–Trinajstić information content (AvgIpc) is 3.26. The molecule has 2 heterocycles. The fraction of sp³-hybridized carbons (Fsp3) is 0.0741. The number of pyridine rings is 1. The maximum atomic E-state index is 13.4. The number of halogens is 1. The molecule has 0 bridgehead atoms. The molecule has 35 heavy (non-hydrogen) atoms. The number of rotatable bonds is 4. The first-order valence-electron chi connectivity index (χ1n) is 11.0. The number of aromatic nitrogens is 1. The lowest BCUT2D eigenvalue weighted by atomic mass is 10.0. The van der Waals surface area contributed by atoms with Gasteiger partial charge in [0.15, 0.2) is 0 Å². The highest BCUT2D eigenvalue weighted by molar-refractivity contribution is 6.30. The molecule has 2 N–H and O–H groups in total. The minimum absolute atomic E-state index is 0.144. The lowest BCUT2D eigenvalue weighted by Crippen LogP contribution is -2.39. The predicted molar refractivity (Wildman–Crippen MR) is 136 cm³/mol. The molecule has 174 valence electrons. The van der Waals surface area contributed by atoms with Crippen LogP contribution in [0, 0.1) is 0 Å². The average molecular weight is 485 g/mol. The van der Waals surface area contributed by atoms with E-state index in [0.717, 1.165) is 11.1 Å². The van der Waals surface area contributed by atoms with Crippen molar-refractivity contribution in [1.82, 2.24) is 9.47 Å². The van der Waals surface area contributed by atoms with Crippen LogP contribution in [0.5, 0.6) is 0 Å². The number of fused-ring (bicyclic) bond motifs is 1. The van der Waals surface area contributed by atoms with E-state index in [0.29, 0.717) is 28.6 Å². The van der Waals surface area contributed by atoms with E-state index in [1.54, 1.807) is 66.9 Å². The van der Waals surface area contributed by atoms with Crippen LogP contribution in [-0.2, 0) is 11.3 Å². The van der Waals surface area contributed by atoms with Crippen LogP contribution in [0.2, 0.25) is 5.02 Å². The SMILES string of the molecule is O=C(Nc1ccc(-n2ccccc2=O)cc1)[C@H]1c2ccccc2CN1C(=O)Nc1ccc(Cl)cc1. The molecule has 1 atom stereocenters. The van der Waals surface area contributed by atoms with Gasteiger partial charge in [0.05, 0.1) is 0 Å². The van der Waals surface area contributed by atoms with Gasteiger partial charge < -0.3 is 15.5 Å². The van der Waals surface area contributed by atoms with Crippen LogP contribution in [0.4, 0.5) is 16.2 Å². The number of amides is 3. The number of benzene rings is 3. The van der Waals surface area contributed by atoms with Gasteiger partial charge in [-0.3, -0.25) is 14.2 Å². The molecule has 1 aromatic heterocycles. The molecular formula is C27H21ClN4O3. The van der Waals surface area contributed by atoms with Gasteiger partial charge in [-0.2, -0.15) is 0 Å². The first-order valence-corrected chi connectivity index (χ1v) is 11.4. The number of nitrogens with zero attached hydrogens (tertiary/aromatic N) is 2. The summed E-state index contributed by atoms with van der Waals surface area (Å²) in [6, 6.07) is 25.0. The van der Waals surface area contributed by atoms with E-state index in [1.165, 1.54) is 15.5 Å². The Morgan fingerprint density at radius 2 is 1.46 bits per heavy atom. The fourth-order valence-corrected chi connectivity index (χ4v) is 4.27. The van der Waals surface area contributed by atoms with Gasteiger partial charge in [0.2, 0.25) is 0 Å². The van der Waals surface area contributed by atoms with Crippen molar-refractivity contribution >= 4 is 34.9 Å². The Balaban J connectivity index is 1.37. The third-order valence-electron chi connectivity index (χ3n) is 5.84. The number of hydrogen-bond acceptors (Lipinski definition) is 3. The van der Waals surface area contributed by atoms with Crippen LogP contribution in [0.3, 0.4) is 0 Å². The van der Waals surface area contributed by atoms with Crippen molar-refractivity contribution in [3.05, 3.63) is 124 Å². The van der Waals surface area contributed by atoms with Gasteiger partial charge in [-0.1, -0.05) is 41.9 Å². The summed E-state index contributed by atoms with van der Waals surface area (Å²) in [5.41, 5.74) is 3.38. The first kappa shape index (κ1) is 22.4. The molecule has 0 radical (unpaired) electrons. The Hall–Kier alpha value is -4.36. The lowest BCUT2D eigenvalue weighted by molar-refractivity contribution is -0.120. The van der Waals surface area contributed by atoms with Crippen molar-refractivity contribution in [1.29, 1.82) is 0 Å². The van der Waals surface area contributed by atoms with E-state index in [9.17, 15) is 14.4 Å². The smallest absolute Gasteiger partial charge is 0.323 e. The Morgan fingerprint density at radius 1 is 0.800 bits per heavy atom. The quantitative estimate of drug-likeness (QED) is 0.416. The number of carbonyl (C=O) groups is 2. The first-order chi connectivity index (χ1) is 17.0. The monoisotopic (exact) mass is 484 g/mol. The molecule has 0 aliphatic carbocycles. The summed E-state index contributed by atoms with van der Waals surface area (Å²) in [7, 11) is 0. The second-order valence-electron chi connectivity index (χ2n) is 8.11. The predicted octanol–water partition coefficient (Wildman–Crippen LogP) is 5.22. The van der Waals surface area contributed by atoms with Crippen molar-refractivity contribution in [2.45, 2.75) is 12.6 Å². The maximum absolute atomic E-state index is 13.4. The lowest BCUT2D eigenvalue weighted by Gasteiger charge is -2.25. The molecule has 4 aromatic rings. The third-order valence-corrected chi connectivity index (χ3v) is 6.09. The molecule has 0 fully saturated rings. The van der Waals surface area contributed by atoms with E-state index in [1.807, 2.05) is 24.3 Å². The molecule has 5 rings (SSSR count). The number of anilines is 2. The summed E-state index contributed by atoms with van der Waals surface area (Å²) < 4.78 is 1.52. The van der Waals surface area contributed by atoms with E-state index >= 15 is 0 Å². The van der Waals surface area contributed by atoms with Gasteiger partial charge in [-0.05, 0) is 65.7 Å². The fourth-order valence-electron chi connectivity index (χ4n) is 4.14. The summed E-state index contributed by atoms with van der Waals surface area (Å²) in [6.45, 7) is 0.309. The molecule has 3 aromatic carbocycles.